The third-order valence-corrected chi connectivity index (χ3v) is 3.09. The lowest BCUT2D eigenvalue weighted by atomic mass is 10.1. The molecule has 1 N–H and O–H groups in total. The number of rotatable bonds is 5. The van der Waals surface area contributed by atoms with Gasteiger partial charge in [0, 0.05) is 19.2 Å². The zero-order valence-corrected chi connectivity index (χ0v) is 12.3. The first-order valence-electron chi connectivity index (χ1n) is 6.45. The quantitative estimate of drug-likeness (QED) is 0.888. The standard InChI is InChI=1S/C14H23N3O2/c1-10(2)11(3)15-14(18)17(4)9-12-7-6-8-13(16-12)19-5/h6-8,10-11H,9H2,1-5H3,(H,15,18)/t11-/m1/s1. The Kier molecular flexibility index (Phi) is 5.60. The van der Waals surface area contributed by atoms with Crippen LogP contribution < -0.4 is 10.1 Å². The van der Waals surface area contributed by atoms with Gasteiger partial charge in [0.05, 0.1) is 19.3 Å². The Morgan fingerprint density at radius 2 is 2.11 bits per heavy atom. The molecule has 0 aliphatic rings. The topological polar surface area (TPSA) is 54.5 Å². The first-order chi connectivity index (χ1) is 8.93. The highest BCUT2D eigenvalue weighted by molar-refractivity contribution is 5.74. The third kappa shape index (κ3) is 4.77. The maximum absolute atomic E-state index is 12.0. The molecule has 0 aliphatic heterocycles. The summed E-state index contributed by atoms with van der Waals surface area (Å²) in [5, 5.41) is 2.96. The molecule has 2 amide bonds. The first-order valence-corrected chi connectivity index (χ1v) is 6.45. The van der Waals surface area contributed by atoms with Gasteiger partial charge in [0.25, 0.3) is 0 Å². The van der Waals surface area contributed by atoms with E-state index in [0.717, 1.165) is 5.69 Å². The minimum absolute atomic E-state index is 0.0918. The van der Waals surface area contributed by atoms with E-state index in [4.69, 9.17) is 4.74 Å². The minimum Gasteiger partial charge on any atom is -0.481 e. The number of methoxy groups -OCH3 is 1. The van der Waals surface area contributed by atoms with E-state index in [1.54, 1.807) is 25.1 Å². The number of nitrogens with one attached hydrogen (secondary N) is 1. The molecule has 0 saturated carbocycles. The van der Waals surface area contributed by atoms with Crippen molar-refractivity contribution in [1.82, 2.24) is 15.2 Å². The van der Waals surface area contributed by atoms with Gasteiger partial charge in [-0.3, -0.25) is 0 Å². The molecule has 0 fully saturated rings. The van der Waals surface area contributed by atoms with Crippen LogP contribution in [0.2, 0.25) is 0 Å². The lowest BCUT2D eigenvalue weighted by molar-refractivity contribution is 0.199. The largest absolute Gasteiger partial charge is 0.481 e. The fourth-order valence-corrected chi connectivity index (χ4v) is 1.45. The first kappa shape index (κ1) is 15.3. The normalized spacial score (nSPS) is 12.1. The van der Waals surface area contributed by atoms with Crippen molar-refractivity contribution in [3.8, 4) is 5.88 Å². The molecule has 1 aromatic heterocycles. The molecule has 0 aliphatic carbocycles. The Labute approximate surface area is 115 Å². The fraction of sp³-hybridized carbons (Fsp3) is 0.571. The number of ether oxygens (including phenoxy) is 1. The Morgan fingerprint density at radius 1 is 1.42 bits per heavy atom. The Bertz CT molecular complexity index is 421. The van der Waals surface area contributed by atoms with E-state index in [1.807, 2.05) is 19.1 Å². The van der Waals surface area contributed by atoms with Gasteiger partial charge < -0.3 is 15.0 Å². The molecule has 0 unspecified atom stereocenters. The van der Waals surface area contributed by atoms with Crippen molar-refractivity contribution in [1.29, 1.82) is 0 Å². The van der Waals surface area contributed by atoms with Crippen molar-refractivity contribution < 1.29 is 9.53 Å². The van der Waals surface area contributed by atoms with Crippen LogP contribution in [0.15, 0.2) is 18.2 Å². The van der Waals surface area contributed by atoms with Crippen LogP contribution in [0.4, 0.5) is 4.79 Å². The SMILES string of the molecule is COc1cccc(CN(C)C(=O)N[C@H](C)C(C)C)n1. The van der Waals surface area contributed by atoms with E-state index < -0.39 is 0 Å². The van der Waals surface area contributed by atoms with E-state index >= 15 is 0 Å². The number of hydrogen-bond donors (Lipinski definition) is 1. The number of nitrogens with zero attached hydrogens (tertiary/aromatic N) is 2. The number of carbonyl (C=O) groups excluding carboxylic acids is 1. The molecular weight excluding hydrogens is 242 g/mol. The zero-order valence-electron chi connectivity index (χ0n) is 12.3. The van der Waals surface area contributed by atoms with Gasteiger partial charge in [0.2, 0.25) is 5.88 Å². The van der Waals surface area contributed by atoms with E-state index in [1.165, 1.54) is 0 Å². The number of carbonyl (C=O) groups is 1. The van der Waals surface area contributed by atoms with E-state index in [9.17, 15) is 4.79 Å². The molecule has 1 atom stereocenters. The minimum atomic E-state index is -0.0918. The second-order valence-electron chi connectivity index (χ2n) is 5.01. The predicted octanol–water partition coefficient (Wildman–Crippen LogP) is 2.28. The molecular formula is C14H23N3O2. The Hall–Kier alpha value is -1.78. The summed E-state index contributed by atoms with van der Waals surface area (Å²) in [4.78, 5) is 17.9. The summed E-state index contributed by atoms with van der Waals surface area (Å²) in [6, 6.07) is 5.57. The smallest absolute Gasteiger partial charge is 0.317 e. The predicted molar refractivity (Wildman–Crippen MR) is 75.1 cm³/mol. The van der Waals surface area contributed by atoms with Crippen molar-refractivity contribution in [2.75, 3.05) is 14.2 Å². The summed E-state index contributed by atoms with van der Waals surface area (Å²) in [5.74, 6) is 0.967. The van der Waals surface area contributed by atoms with E-state index in [0.29, 0.717) is 18.3 Å². The van der Waals surface area contributed by atoms with Crippen molar-refractivity contribution in [2.24, 2.45) is 5.92 Å². The van der Waals surface area contributed by atoms with Crippen molar-refractivity contribution in [3.05, 3.63) is 23.9 Å². The average Bonchev–Trinajstić information content (AvgIpc) is 2.38. The van der Waals surface area contributed by atoms with Gasteiger partial charge in [-0.25, -0.2) is 9.78 Å². The van der Waals surface area contributed by atoms with Crippen molar-refractivity contribution in [2.45, 2.75) is 33.4 Å². The van der Waals surface area contributed by atoms with Gasteiger partial charge in [-0.15, -0.1) is 0 Å². The summed E-state index contributed by atoms with van der Waals surface area (Å²) in [7, 11) is 3.33. The number of pyridine rings is 1. The summed E-state index contributed by atoms with van der Waals surface area (Å²) in [6.45, 7) is 6.61. The highest BCUT2D eigenvalue weighted by Gasteiger charge is 2.14. The second kappa shape index (κ2) is 6.97. The van der Waals surface area contributed by atoms with Crippen LogP contribution in [0.25, 0.3) is 0 Å². The Balaban J connectivity index is 2.58. The molecule has 0 radical (unpaired) electrons. The van der Waals surface area contributed by atoms with Crippen LogP contribution in [0.3, 0.4) is 0 Å². The maximum atomic E-state index is 12.0. The van der Waals surface area contributed by atoms with Crippen LogP contribution in [0, 0.1) is 5.92 Å². The molecule has 1 aromatic rings. The van der Waals surface area contributed by atoms with Gasteiger partial charge in [-0.2, -0.15) is 0 Å². The number of hydrogen-bond acceptors (Lipinski definition) is 3. The second-order valence-corrected chi connectivity index (χ2v) is 5.01. The molecule has 5 nitrogen and oxygen atoms in total. The lowest BCUT2D eigenvalue weighted by Gasteiger charge is -2.23. The lowest BCUT2D eigenvalue weighted by Crippen LogP contribution is -2.43. The molecule has 5 heteroatoms. The summed E-state index contributed by atoms with van der Waals surface area (Å²) < 4.78 is 5.06. The number of urea groups is 1. The monoisotopic (exact) mass is 265 g/mol. The van der Waals surface area contributed by atoms with Crippen LogP contribution >= 0.6 is 0 Å². The molecule has 1 heterocycles. The average molecular weight is 265 g/mol. The molecule has 0 spiro atoms. The fourth-order valence-electron chi connectivity index (χ4n) is 1.45. The molecule has 0 saturated heterocycles. The van der Waals surface area contributed by atoms with Gasteiger partial charge in [-0.1, -0.05) is 19.9 Å². The molecule has 106 valence electrons. The van der Waals surface area contributed by atoms with E-state index in [2.05, 4.69) is 24.1 Å². The molecule has 1 rings (SSSR count). The van der Waals surface area contributed by atoms with Crippen molar-refractivity contribution >= 4 is 6.03 Å². The molecule has 0 aromatic carbocycles. The Morgan fingerprint density at radius 3 is 2.68 bits per heavy atom. The third-order valence-electron chi connectivity index (χ3n) is 3.09. The van der Waals surface area contributed by atoms with Gasteiger partial charge in [-0.05, 0) is 18.9 Å². The molecule has 19 heavy (non-hydrogen) atoms. The van der Waals surface area contributed by atoms with Crippen LogP contribution in [-0.2, 0) is 6.54 Å². The van der Waals surface area contributed by atoms with Crippen LogP contribution in [-0.4, -0.2) is 36.1 Å². The van der Waals surface area contributed by atoms with Crippen molar-refractivity contribution in [3.63, 3.8) is 0 Å². The van der Waals surface area contributed by atoms with Gasteiger partial charge in [0.15, 0.2) is 0 Å². The van der Waals surface area contributed by atoms with Gasteiger partial charge in [0.1, 0.15) is 0 Å². The zero-order chi connectivity index (χ0) is 14.4. The summed E-state index contributed by atoms with van der Waals surface area (Å²) in [6.07, 6.45) is 0. The number of aromatic nitrogens is 1. The van der Waals surface area contributed by atoms with E-state index in [-0.39, 0.29) is 12.1 Å². The maximum Gasteiger partial charge on any atom is 0.317 e. The van der Waals surface area contributed by atoms with Crippen LogP contribution in [0.1, 0.15) is 26.5 Å². The highest BCUT2D eigenvalue weighted by Crippen LogP contribution is 2.08. The van der Waals surface area contributed by atoms with Crippen LogP contribution in [0.5, 0.6) is 5.88 Å². The summed E-state index contributed by atoms with van der Waals surface area (Å²) in [5.41, 5.74) is 0.800. The highest BCUT2D eigenvalue weighted by atomic mass is 16.5. The van der Waals surface area contributed by atoms with Gasteiger partial charge >= 0.3 is 6.03 Å². The summed E-state index contributed by atoms with van der Waals surface area (Å²) >= 11 is 0. The molecule has 0 bridgehead atoms. The number of amides is 2.